The van der Waals surface area contributed by atoms with Gasteiger partial charge in [-0.2, -0.15) is 0 Å². The van der Waals surface area contributed by atoms with Crippen molar-refractivity contribution in [3.8, 4) is 5.75 Å². The zero-order valence-electron chi connectivity index (χ0n) is 13.8. The van der Waals surface area contributed by atoms with Crippen LogP contribution in [-0.2, 0) is 6.54 Å². The Balaban J connectivity index is 2.22. The topological polar surface area (TPSA) is 24.5 Å². The van der Waals surface area contributed by atoms with E-state index >= 15 is 0 Å². The first-order valence-corrected chi connectivity index (χ1v) is 7.62. The van der Waals surface area contributed by atoms with Gasteiger partial charge in [0.1, 0.15) is 11.6 Å². The van der Waals surface area contributed by atoms with E-state index in [0.717, 1.165) is 25.1 Å². The van der Waals surface area contributed by atoms with Gasteiger partial charge in [0.05, 0.1) is 7.11 Å². The summed E-state index contributed by atoms with van der Waals surface area (Å²) in [6.07, 6.45) is 1.04. The molecule has 1 fully saturated rings. The molecular formula is C17H27FN2O. The molecule has 1 aliphatic heterocycles. The fourth-order valence-electron chi connectivity index (χ4n) is 2.85. The number of methoxy groups -OCH3 is 1. The van der Waals surface area contributed by atoms with Crippen molar-refractivity contribution in [2.75, 3.05) is 20.2 Å². The number of nitrogens with zero attached hydrogens (tertiary/aromatic N) is 1. The molecule has 4 heteroatoms. The van der Waals surface area contributed by atoms with Crippen molar-refractivity contribution >= 4 is 0 Å². The molecule has 0 aliphatic carbocycles. The Hall–Kier alpha value is -1.13. The largest absolute Gasteiger partial charge is 0.497 e. The summed E-state index contributed by atoms with van der Waals surface area (Å²) in [6, 6.07) is 5.13. The molecule has 1 N–H and O–H groups in total. The molecule has 1 unspecified atom stereocenters. The first-order valence-electron chi connectivity index (χ1n) is 7.62. The lowest BCUT2D eigenvalue weighted by Crippen LogP contribution is -2.66. The minimum absolute atomic E-state index is 0.0532. The summed E-state index contributed by atoms with van der Waals surface area (Å²) in [6.45, 7) is 11.3. The van der Waals surface area contributed by atoms with Crippen molar-refractivity contribution < 1.29 is 9.13 Å². The van der Waals surface area contributed by atoms with Gasteiger partial charge in [0.2, 0.25) is 0 Å². The van der Waals surface area contributed by atoms with E-state index in [9.17, 15) is 4.39 Å². The normalized spacial score (nSPS) is 25.8. The van der Waals surface area contributed by atoms with Crippen molar-refractivity contribution in [2.45, 2.75) is 51.7 Å². The molecule has 0 amide bonds. The quantitative estimate of drug-likeness (QED) is 0.923. The molecule has 1 aromatic carbocycles. The van der Waals surface area contributed by atoms with E-state index in [2.05, 4.69) is 37.9 Å². The lowest BCUT2D eigenvalue weighted by Gasteiger charge is -2.51. The van der Waals surface area contributed by atoms with Crippen molar-refractivity contribution in [3.05, 3.63) is 29.6 Å². The Morgan fingerprint density at radius 2 is 2.05 bits per heavy atom. The van der Waals surface area contributed by atoms with Gasteiger partial charge in [-0.1, -0.05) is 13.0 Å². The Morgan fingerprint density at radius 1 is 1.33 bits per heavy atom. The van der Waals surface area contributed by atoms with E-state index in [1.54, 1.807) is 7.11 Å². The molecule has 0 saturated carbocycles. The van der Waals surface area contributed by atoms with Gasteiger partial charge in [-0.25, -0.2) is 4.39 Å². The number of benzene rings is 1. The zero-order chi connectivity index (χ0) is 15.7. The van der Waals surface area contributed by atoms with Crippen LogP contribution in [0.15, 0.2) is 18.2 Å². The van der Waals surface area contributed by atoms with Crippen molar-refractivity contribution in [1.29, 1.82) is 0 Å². The van der Waals surface area contributed by atoms with Crippen LogP contribution in [0.4, 0.5) is 4.39 Å². The van der Waals surface area contributed by atoms with Crippen molar-refractivity contribution in [2.24, 2.45) is 0 Å². The Labute approximate surface area is 127 Å². The molecule has 0 spiro atoms. The second kappa shape index (κ2) is 5.93. The first kappa shape index (κ1) is 16.2. The number of hydrogen-bond acceptors (Lipinski definition) is 3. The van der Waals surface area contributed by atoms with Crippen LogP contribution in [0, 0.1) is 5.82 Å². The lowest BCUT2D eigenvalue weighted by atomic mass is 9.87. The summed E-state index contributed by atoms with van der Waals surface area (Å²) in [7, 11) is 1.56. The van der Waals surface area contributed by atoms with Crippen LogP contribution in [-0.4, -0.2) is 36.2 Å². The van der Waals surface area contributed by atoms with Crippen LogP contribution in [0.2, 0.25) is 0 Å². The Bertz CT molecular complexity index is 504. The molecule has 1 saturated heterocycles. The molecule has 2 rings (SSSR count). The summed E-state index contributed by atoms with van der Waals surface area (Å²) in [4.78, 5) is 2.40. The number of rotatable bonds is 4. The van der Waals surface area contributed by atoms with Crippen LogP contribution < -0.4 is 10.1 Å². The molecular weight excluding hydrogens is 267 g/mol. The molecule has 118 valence electrons. The van der Waals surface area contributed by atoms with Gasteiger partial charge in [-0.15, -0.1) is 0 Å². The molecule has 0 bridgehead atoms. The van der Waals surface area contributed by atoms with Gasteiger partial charge in [0.15, 0.2) is 0 Å². The highest BCUT2D eigenvalue weighted by Gasteiger charge is 2.39. The highest BCUT2D eigenvalue weighted by atomic mass is 19.1. The fourth-order valence-corrected chi connectivity index (χ4v) is 2.85. The first-order chi connectivity index (χ1) is 9.79. The summed E-state index contributed by atoms with van der Waals surface area (Å²) in [5, 5.41) is 3.59. The highest BCUT2D eigenvalue weighted by Crippen LogP contribution is 2.29. The standard InChI is InChI=1S/C17H27FN2O/c1-6-17(4)11-19-16(2,3)12-20(17)10-13-7-8-14(21-5)9-15(13)18/h7-9,19H,6,10-12H2,1-5H3. The predicted molar refractivity (Wildman–Crippen MR) is 84.1 cm³/mol. The van der Waals surface area contributed by atoms with Crippen LogP contribution in [0.5, 0.6) is 5.75 Å². The second-order valence-corrected chi connectivity index (χ2v) is 6.90. The van der Waals surface area contributed by atoms with Gasteiger partial charge < -0.3 is 10.1 Å². The van der Waals surface area contributed by atoms with Crippen LogP contribution in [0.25, 0.3) is 0 Å². The molecule has 1 heterocycles. The molecule has 0 radical (unpaired) electrons. The van der Waals surface area contributed by atoms with Gasteiger partial charge in [0.25, 0.3) is 0 Å². The summed E-state index contributed by atoms with van der Waals surface area (Å²) in [5.74, 6) is 0.374. The van der Waals surface area contributed by atoms with Crippen LogP contribution in [0.1, 0.15) is 39.7 Å². The maximum Gasteiger partial charge on any atom is 0.131 e. The number of halogens is 1. The number of piperazine rings is 1. The summed E-state index contributed by atoms with van der Waals surface area (Å²) < 4.78 is 19.3. The maximum atomic E-state index is 14.2. The van der Waals surface area contributed by atoms with Gasteiger partial charge >= 0.3 is 0 Å². The molecule has 0 aromatic heterocycles. The highest BCUT2D eigenvalue weighted by molar-refractivity contribution is 5.29. The Kier molecular flexibility index (Phi) is 4.59. The molecule has 21 heavy (non-hydrogen) atoms. The van der Waals surface area contributed by atoms with Gasteiger partial charge in [-0.05, 0) is 33.3 Å². The van der Waals surface area contributed by atoms with E-state index in [-0.39, 0.29) is 16.9 Å². The third kappa shape index (κ3) is 3.55. The molecule has 3 nitrogen and oxygen atoms in total. The van der Waals surface area contributed by atoms with E-state index < -0.39 is 0 Å². The molecule has 1 aromatic rings. The van der Waals surface area contributed by atoms with Crippen LogP contribution >= 0.6 is 0 Å². The predicted octanol–water partition coefficient (Wildman–Crippen LogP) is 3.19. The van der Waals surface area contributed by atoms with Crippen molar-refractivity contribution in [1.82, 2.24) is 10.2 Å². The van der Waals surface area contributed by atoms with Gasteiger partial charge in [-0.3, -0.25) is 4.90 Å². The minimum atomic E-state index is -0.191. The fraction of sp³-hybridized carbons (Fsp3) is 0.647. The van der Waals surface area contributed by atoms with E-state index in [4.69, 9.17) is 4.74 Å². The SMILES string of the molecule is CCC1(C)CNC(C)(C)CN1Cc1ccc(OC)cc1F. The monoisotopic (exact) mass is 294 g/mol. The van der Waals surface area contributed by atoms with E-state index in [1.807, 2.05) is 12.1 Å². The van der Waals surface area contributed by atoms with Crippen molar-refractivity contribution in [3.63, 3.8) is 0 Å². The van der Waals surface area contributed by atoms with Crippen LogP contribution in [0.3, 0.4) is 0 Å². The summed E-state index contributed by atoms with van der Waals surface area (Å²) in [5.41, 5.74) is 0.840. The minimum Gasteiger partial charge on any atom is -0.497 e. The summed E-state index contributed by atoms with van der Waals surface area (Å²) >= 11 is 0. The smallest absolute Gasteiger partial charge is 0.131 e. The lowest BCUT2D eigenvalue weighted by molar-refractivity contribution is 0.0167. The third-order valence-electron chi connectivity index (χ3n) is 4.68. The number of ether oxygens (including phenoxy) is 1. The molecule has 1 atom stereocenters. The van der Waals surface area contributed by atoms with E-state index in [0.29, 0.717) is 12.3 Å². The zero-order valence-corrected chi connectivity index (χ0v) is 13.8. The number of nitrogens with one attached hydrogen (secondary N) is 1. The average Bonchev–Trinajstić information content (AvgIpc) is 2.45. The van der Waals surface area contributed by atoms with Gasteiger partial charge in [0, 0.05) is 42.3 Å². The number of hydrogen-bond donors (Lipinski definition) is 1. The Morgan fingerprint density at radius 3 is 2.62 bits per heavy atom. The average molecular weight is 294 g/mol. The second-order valence-electron chi connectivity index (χ2n) is 6.90. The third-order valence-corrected chi connectivity index (χ3v) is 4.68. The molecule has 1 aliphatic rings. The van der Waals surface area contributed by atoms with E-state index in [1.165, 1.54) is 6.07 Å². The maximum absolute atomic E-state index is 14.2.